The second kappa shape index (κ2) is 15.5. The van der Waals surface area contributed by atoms with E-state index >= 15 is 0 Å². The van der Waals surface area contributed by atoms with Crippen LogP contribution in [0.2, 0.25) is 0 Å². The molecule has 0 bridgehead atoms. The molecule has 0 saturated carbocycles. The molecule has 0 atom stereocenters. The van der Waals surface area contributed by atoms with Gasteiger partial charge < -0.3 is 20.1 Å². The molecule has 1 aliphatic rings. The van der Waals surface area contributed by atoms with Crippen molar-refractivity contribution in [2.45, 2.75) is 93.9 Å². The first-order valence-electron chi connectivity index (χ1n) is 14.0. The number of carbonyl (C=O) groups excluding carboxylic acids is 6. The summed E-state index contributed by atoms with van der Waals surface area (Å²) < 4.78 is 10.1. The minimum absolute atomic E-state index is 0.0428. The number of esters is 2. The minimum Gasteiger partial charge on any atom is -0.464 e. The summed E-state index contributed by atoms with van der Waals surface area (Å²) in [7, 11) is 0. The van der Waals surface area contributed by atoms with Crippen LogP contribution in [0.5, 0.6) is 0 Å². The number of ether oxygens (including phenoxy) is 2. The maximum atomic E-state index is 13.6. The van der Waals surface area contributed by atoms with Crippen LogP contribution in [0.3, 0.4) is 0 Å². The van der Waals surface area contributed by atoms with Crippen LogP contribution >= 0.6 is 0 Å². The van der Waals surface area contributed by atoms with E-state index in [2.05, 4.69) is 10.6 Å². The van der Waals surface area contributed by atoms with E-state index in [1.54, 1.807) is 41.5 Å². The number of hydrogen-bond acceptors (Lipinski definition) is 8. The first-order valence-corrected chi connectivity index (χ1v) is 14.0. The van der Waals surface area contributed by atoms with Crippen molar-refractivity contribution in [1.29, 1.82) is 0 Å². The van der Waals surface area contributed by atoms with Gasteiger partial charge in [0.2, 0.25) is 11.8 Å². The molecule has 0 saturated heterocycles. The Kier molecular flexibility index (Phi) is 13.4. The second-order valence-electron chi connectivity index (χ2n) is 11.4. The van der Waals surface area contributed by atoms with Gasteiger partial charge in [-0.1, -0.05) is 41.5 Å². The summed E-state index contributed by atoms with van der Waals surface area (Å²) in [4.78, 5) is 75.3. The molecular weight excluding hydrogens is 516 g/mol. The van der Waals surface area contributed by atoms with E-state index in [0.717, 1.165) is 0 Å². The summed E-state index contributed by atoms with van der Waals surface area (Å²) in [6.45, 7) is 14.3. The van der Waals surface area contributed by atoms with Gasteiger partial charge in [-0.3, -0.25) is 28.8 Å². The van der Waals surface area contributed by atoms with Crippen molar-refractivity contribution in [2.75, 3.05) is 26.3 Å². The second-order valence-corrected chi connectivity index (χ2v) is 11.4. The maximum Gasteiger partial charge on any atom is 0.305 e. The van der Waals surface area contributed by atoms with Gasteiger partial charge in [0, 0.05) is 58.8 Å². The molecular formula is C30H46N2O8. The molecule has 0 aromatic carbocycles. The fourth-order valence-electron chi connectivity index (χ4n) is 4.94. The lowest BCUT2D eigenvalue weighted by Crippen LogP contribution is -2.39. The highest BCUT2D eigenvalue weighted by atomic mass is 16.5. The van der Waals surface area contributed by atoms with E-state index in [4.69, 9.17) is 9.47 Å². The monoisotopic (exact) mass is 562 g/mol. The molecule has 40 heavy (non-hydrogen) atoms. The summed E-state index contributed by atoms with van der Waals surface area (Å²) in [5.41, 5.74) is -0.816. The highest BCUT2D eigenvalue weighted by Gasteiger charge is 2.43. The molecule has 0 aromatic heterocycles. The molecule has 0 unspecified atom stereocenters. The van der Waals surface area contributed by atoms with E-state index < -0.39 is 10.8 Å². The van der Waals surface area contributed by atoms with E-state index in [1.807, 2.05) is 13.8 Å². The van der Waals surface area contributed by atoms with Gasteiger partial charge in [-0.05, 0) is 26.7 Å². The summed E-state index contributed by atoms with van der Waals surface area (Å²) in [6.07, 6.45) is 1.91. The molecule has 10 nitrogen and oxygen atoms in total. The number of nitrogens with one attached hydrogen (secondary N) is 2. The zero-order valence-electron chi connectivity index (χ0n) is 25.3. The van der Waals surface area contributed by atoms with E-state index in [9.17, 15) is 28.8 Å². The van der Waals surface area contributed by atoms with Crippen LogP contribution < -0.4 is 10.6 Å². The molecule has 2 amide bonds. The Bertz CT molecular complexity index is 982. The Hall–Kier alpha value is -3.30. The van der Waals surface area contributed by atoms with Crippen molar-refractivity contribution in [3.63, 3.8) is 0 Å². The highest BCUT2D eigenvalue weighted by Crippen LogP contribution is 2.44. The molecule has 0 spiro atoms. The van der Waals surface area contributed by atoms with Gasteiger partial charge in [0.15, 0.2) is 11.6 Å². The SMILES string of the molecule is CCCC(=O)OCCNC(=O)CC(C)(C)C1=C(C)C(=O)C(C(C)(C)CC(=O)NCCOC(=O)CCC)=C(C)C1=O. The quantitative estimate of drug-likeness (QED) is 0.165. The summed E-state index contributed by atoms with van der Waals surface area (Å²) in [5, 5.41) is 5.39. The molecule has 0 fully saturated rings. The normalized spacial score (nSPS) is 14.3. The number of hydrogen-bond donors (Lipinski definition) is 2. The van der Waals surface area contributed by atoms with E-state index in [0.29, 0.717) is 25.7 Å². The van der Waals surface area contributed by atoms with Crippen molar-refractivity contribution in [3.8, 4) is 0 Å². The zero-order valence-corrected chi connectivity index (χ0v) is 25.3. The van der Waals surface area contributed by atoms with Crippen LogP contribution in [-0.4, -0.2) is 61.6 Å². The van der Waals surface area contributed by atoms with E-state index in [1.165, 1.54) is 0 Å². The van der Waals surface area contributed by atoms with Gasteiger partial charge in [-0.25, -0.2) is 0 Å². The molecule has 2 N–H and O–H groups in total. The third-order valence-electron chi connectivity index (χ3n) is 6.73. The van der Waals surface area contributed by atoms with Gasteiger partial charge in [0.1, 0.15) is 13.2 Å². The Morgan fingerprint density at radius 1 is 0.650 bits per heavy atom. The third kappa shape index (κ3) is 10.0. The van der Waals surface area contributed by atoms with Crippen LogP contribution in [0, 0.1) is 10.8 Å². The minimum atomic E-state index is -0.941. The van der Waals surface area contributed by atoms with Crippen molar-refractivity contribution in [1.82, 2.24) is 10.6 Å². The number of rotatable bonds is 16. The van der Waals surface area contributed by atoms with Gasteiger partial charge in [0.25, 0.3) is 0 Å². The summed E-state index contributed by atoms with van der Waals surface area (Å²) >= 11 is 0. The number of allylic oxidation sites excluding steroid dienone is 4. The Morgan fingerprint density at radius 3 is 1.27 bits per heavy atom. The van der Waals surface area contributed by atoms with Gasteiger partial charge >= 0.3 is 11.9 Å². The van der Waals surface area contributed by atoms with Crippen LogP contribution in [0.15, 0.2) is 22.3 Å². The fourth-order valence-corrected chi connectivity index (χ4v) is 4.94. The zero-order chi connectivity index (χ0) is 30.7. The molecule has 0 heterocycles. The number of ketones is 2. The smallest absolute Gasteiger partial charge is 0.305 e. The lowest BCUT2D eigenvalue weighted by molar-refractivity contribution is -0.144. The molecule has 0 aliphatic heterocycles. The predicted molar refractivity (Wildman–Crippen MR) is 150 cm³/mol. The molecule has 10 heteroatoms. The van der Waals surface area contributed by atoms with Gasteiger partial charge in [-0.15, -0.1) is 0 Å². The lowest BCUT2D eigenvalue weighted by Gasteiger charge is -2.36. The highest BCUT2D eigenvalue weighted by molar-refractivity contribution is 6.26. The third-order valence-corrected chi connectivity index (χ3v) is 6.73. The fraction of sp³-hybridized carbons (Fsp3) is 0.667. The number of amides is 2. The first kappa shape index (κ1) is 34.7. The van der Waals surface area contributed by atoms with Crippen molar-refractivity contribution in [3.05, 3.63) is 22.3 Å². The van der Waals surface area contributed by atoms with Crippen molar-refractivity contribution < 1.29 is 38.2 Å². The summed E-state index contributed by atoms with van der Waals surface area (Å²) in [5.74, 6) is -1.96. The van der Waals surface area contributed by atoms with Crippen LogP contribution in [0.1, 0.15) is 93.9 Å². The topological polar surface area (TPSA) is 145 Å². The number of carbonyl (C=O) groups is 6. The van der Waals surface area contributed by atoms with Gasteiger partial charge in [0.05, 0.1) is 13.1 Å². The molecule has 0 aromatic rings. The predicted octanol–water partition coefficient (Wildman–Crippen LogP) is 3.52. The molecule has 0 radical (unpaired) electrons. The largest absolute Gasteiger partial charge is 0.464 e. The molecule has 224 valence electrons. The van der Waals surface area contributed by atoms with Crippen LogP contribution in [-0.2, 0) is 38.2 Å². The molecule has 1 rings (SSSR count). The Balaban J connectivity index is 2.88. The Morgan fingerprint density at radius 2 is 0.975 bits per heavy atom. The first-order chi connectivity index (χ1) is 18.6. The average Bonchev–Trinajstić information content (AvgIpc) is 2.83. The van der Waals surface area contributed by atoms with Crippen molar-refractivity contribution in [2.24, 2.45) is 10.8 Å². The van der Waals surface area contributed by atoms with Crippen LogP contribution in [0.25, 0.3) is 0 Å². The summed E-state index contributed by atoms with van der Waals surface area (Å²) in [6, 6.07) is 0. The Labute approximate surface area is 237 Å². The maximum absolute atomic E-state index is 13.6. The number of Topliss-reactive ketones (excluding diaryl/α,β-unsaturated/α-hetero) is 2. The lowest BCUT2D eigenvalue weighted by atomic mass is 9.66. The van der Waals surface area contributed by atoms with Gasteiger partial charge in [-0.2, -0.15) is 0 Å². The molecule has 1 aliphatic carbocycles. The van der Waals surface area contributed by atoms with E-state index in [-0.39, 0.29) is 96.8 Å². The van der Waals surface area contributed by atoms with Crippen molar-refractivity contribution >= 4 is 35.3 Å². The van der Waals surface area contributed by atoms with Crippen LogP contribution in [0.4, 0.5) is 0 Å². The average molecular weight is 563 g/mol. The standard InChI is InChI=1S/C30H46N2O8/c1-9-11-23(35)39-15-13-31-21(33)17-29(5,6)25-19(3)28(38)26(20(4)27(25)37)30(7,8)18-22(34)32-14-16-40-24(36)12-10-2/h9-18H2,1-8H3,(H,31,33)(H,32,34).